The van der Waals surface area contributed by atoms with Crippen LogP contribution in [0, 0.1) is 17.0 Å². The second-order valence-corrected chi connectivity index (χ2v) is 13.8. The molecule has 13 heteroatoms. The number of carbonyl (C=O) groups is 2. The molecule has 48 heavy (non-hydrogen) atoms. The highest BCUT2D eigenvalue weighted by molar-refractivity contribution is 7.18. The molecule has 1 unspecified atom stereocenters. The third-order valence-electron chi connectivity index (χ3n) is 9.98. The molecule has 252 valence electrons. The van der Waals surface area contributed by atoms with Gasteiger partial charge in [0.15, 0.2) is 0 Å². The first-order chi connectivity index (χ1) is 23.1. The Kier molecular flexibility index (Phi) is 8.44. The fourth-order valence-electron chi connectivity index (χ4n) is 7.37. The third kappa shape index (κ3) is 5.52. The molecule has 3 aliphatic rings. The van der Waals surface area contributed by atoms with Gasteiger partial charge in [-0.15, -0.1) is 11.3 Å². The number of methoxy groups -OCH3 is 1. The van der Waals surface area contributed by atoms with E-state index in [4.69, 9.17) is 19.6 Å². The van der Waals surface area contributed by atoms with Crippen LogP contribution < -0.4 is 9.64 Å². The summed E-state index contributed by atoms with van der Waals surface area (Å²) < 4.78 is 44.5. The summed E-state index contributed by atoms with van der Waals surface area (Å²) in [6, 6.07) is 5.68. The molecule has 3 aromatic heterocycles. The van der Waals surface area contributed by atoms with E-state index in [-0.39, 0.29) is 47.8 Å². The predicted octanol–water partition coefficient (Wildman–Crippen LogP) is 5.67. The highest BCUT2D eigenvalue weighted by atomic mass is 32.1. The van der Waals surface area contributed by atoms with Gasteiger partial charge < -0.3 is 24.2 Å². The van der Waals surface area contributed by atoms with Crippen molar-refractivity contribution in [2.24, 2.45) is 5.41 Å². The maximum Gasteiger partial charge on any atom is 0.246 e. The number of rotatable bonds is 8. The molecule has 1 aromatic carbocycles. The van der Waals surface area contributed by atoms with Crippen LogP contribution in [-0.4, -0.2) is 89.4 Å². The molecule has 2 fully saturated rings. The van der Waals surface area contributed by atoms with Crippen molar-refractivity contribution < 1.29 is 27.8 Å². The number of likely N-dealkylation sites (tertiary alicyclic amines) is 1. The lowest BCUT2D eigenvalue weighted by atomic mass is 9.72. The van der Waals surface area contributed by atoms with Crippen molar-refractivity contribution in [3.63, 3.8) is 0 Å². The number of ether oxygens (including phenoxy) is 2. The highest BCUT2D eigenvalue weighted by Gasteiger charge is 2.46. The number of hydrogen-bond acceptors (Lipinski definition) is 8. The molecule has 1 atom stereocenters. The molecule has 7 rings (SSSR count). The number of hydrogen-bond donors (Lipinski definition) is 0. The maximum absolute atomic E-state index is 16.1. The summed E-state index contributed by atoms with van der Waals surface area (Å²) in [5.41, 5.74) is 2.47. The summed E-state index contributed by atoms with van der Waals surface area (Å²) in [5.74, 6) is -0.752. The molecule has 3 aliphatic heterocycles. The summed E-state index contributed by atoms with van der Waals surface area (Å²) in [4.78, 5) is 35.7. The van der Waals surface area contributed by atoms with Gasteiger partial charge in [-0.3, -0.25) is 14.3 Å². The number of fused-ring (bicyclic) bond motifs is 2. The maximum atomic E-state index is 16.1. The Bertz CT molecular complexity index is 1910. The van der Waals surface area contributed by atoms with Gasteiger partial charge in [-0.1, -0.05) is 6.58 Å². The van der Waals surface area contributed by atoms with Crippen LogP contribution in [0.3, 0.4) is 0 Å². The lowest BCUT2D eigenvalue weighted by molar-refractivity contribution is -0.131. The number of piperidine rings is 1. The zero-order valence-electron chi connectivity index (χ0n) is 27.3. The lowest BCUT2D eigenvalue weighted by Crippen LogP contribution is -2.61. The van der Waals surface area contributed by atoms with Gasteiger partial charge in [0, 0.05) is 80.0 Å². The van der Waals surface area contributed by atoms with E-state index in [0.717, 1.165) is 66.7 Å². The van der Waals surface area contributed by atoms with Crippen LogP contribution in [0.1, 0.15) is 38.4 Å². The SMILES string of the molecule is C=CC(=O)N1CCn2nc(-c3nc(N4CC5(CCN(C(C)=O)CC5)C4)c4ccsc4c3-c3c(F)cc(F)cc3OCCOC)cc2C1C. The number of amides is 2. The first-order valence-electron chi connectivity index (χ1n) is 16.2. The second-order valence-electron chi connectivity index (χ2n) is 12.9. The number of benzene rings is 1. The molecule has 2 saturated heterocycles. The third-order valence-corrected chi connectivity index (χ3v) is 10.9. The first-order valence-corrected chi connectivity index (χ1v) is 17.0. The van der Waals surface area contributed by atoms with E-state index >= 15 is 4.39 Å². The molecule has 0 bridgehead atoms. The van der Waals surface area contributed by atoms with E-state index in [1.165, 1.54) is 30.6 Å². The van der Waals surface area contributed by atoms with E-state index in [1.54, 1.807) is 11.8 Å². The molecular formula is C35H38F2N6O4S. The summed E-state index contributed by atoms with van der Waals surface area (Å²) in [5, 5.41) is 7.77. The Morgan fingerprint density at radius 1 is 1.10 bits per heavy atom. The van der Waals surface area contributed by atoms with E-state index in [9.17, 15) is 14.0 Å². The molecular weight excluding hydrogens is 638 g/mol. The van der Waals surface area contributed by atoms with Crippen LogP contribution in [-0.2, 0) is 20.9 Å². The van der Waals surface area contributed by atoms with Crippen molar-refractivity contribution >= 4 is 39.1 Å². The fraction of sp³-hybridized carbons (Fsp3) is 0.429. The molecule has 1 spiro atoms. The molecule has 0 aliphatic carbocycles. The number of nitrogens with zero attached hydrogens (tertiary/aromatic N) is 6. The summed E-state index contributed by atoms with van der Waals surface area (Å²) >= 11 is 1.46. The summed E-state index contributed by atoms with van der Waals surface area (Å²) in [6.45, 7) is 11.6. The van der Waals surface area contributed by atoms with E-state index in [2.05, 4.69) is 11.5 Å². The number of carbonyl (C=O) groups excluding carboxylic acids is 2. The van der Waals surface area contributed by atoms with Gasteiger partial charge >= 0.3 is 0 Å². The number of thiophene rings is 1. The second kappa shape index (κ2) is 12.6. The van der Waals surface area contributed by atoms with Gasteiger partial charge in [0.1, 0.15) is 41.2 Å². The topological polar surface area (TPSA) is 93.0 Å². The van der Waals surface area contributed by atoms with Crippen molar-refractivity contribution in [1.29, 1.82) is 0 Å². The Labute approximate surface area is 281 Å². The van der Waals surface area contributed by atoms with Crippen LogP contribution in [0.15, 0.2) is 42.3 Å². The minimum Gasteiger partial charge on any atom is -0.490 e. The molecule has 10 nitrogen and oxygen atoms in total. The average molecular weight is 677 g/mol. The normalized spacial score (nSPS) is 18.6. The van der Waals surface area contributed by atoms with E-state index < -0.39 is 11.6 Å². The van der Waals surface area contributed by atoms with Crippen LogP contribution in [0.4, 0.5) is 14.6 Å². The van der Waals surface area contributed by atoms with Gasteiger partial charge in [0.2, 0.25) is 11.8 Å². The van der Waals surface area contributed by atoms with Crippen molar-refractivity contribution in [3.8, 4) is 28.3 Å². The van der Waals surface area contributed by atoms with Crippen molar-refractivity contribution in [1.82, 2.24) is 24.6 Å². The predicted molar refractivity (Wildman–Crippen MR) is 180 cm³/mol. The first kappa shape index (κ1) is 32.2. The van der Waals surface area contributed by atoms with Crippen LogP contribution in [0.5, 0.6) is 5.75 Å². The molecule has 4 aromatic rings. The van der Waals surface area contributed by atoms with Crippen LogP contribution in [0.2, 0.25) is 0 Å². The van der Waals surface area contributed by atoms with Gasteiger partial charge in [-0.2, -0.15) is 5.10 Å². The molecule has 2 amide bonds. The Morgan fingerprint density at radius 2 is 1.88 bits per heavy atom. The zero-order valence-corrected chi connectivity index (χ0v) is 28.1. The van der Waals surface area contributed by atoms with Gasteiger partial charge in [-0.05, 0) is 43.4 Å². The Morgan fingerprint density at radius 3 is 2.58 bits per heavy atom. The minimum absolute atomic E-state index is 0.0512. The monoisotopic (exact) mass is 676 g/mol. The van der Waals surface area contributed by atoms with Gasteiger partial charge in [0.05, 0.1) is 30.5 Å². The standard InChI is InChI=1S/C35H38F2N6O4S/c1-5-29(45)42-11-12-43-27(21(42)2)18-26(39-43)32-31(30-25(37)16-23(36)17-28(30)47-14-13-46-4)33-24(6-15-48-33)34(38-32)41-19-35(20-41)7-9-40(10-8-35)22(3)44/h5-6,15-18,21H,1,7-14,19-20H2,2-4H3. The molecule has 0 N–H and O–H groups in total. The smallest absolute Gasteiger partial charge is 0.246 e. The number of halogens is 2. The van der Waals surface area contributed by atoms with Crippen molar-refractivity contribution in [3.05, 3.63) is 59.6 Å². The summed E-state index contributed by atoms with van der Waals surface area (Å²) in [6.07, 6.45) is 3.16. The van der Waals surface area contributed by atoms with Gasteiger partial charge in [0.25, 0.3) is 0 Å². The lowest BCUT2D eigenvalue weighted by Gasteiger charge is -2.54. The largest absolute Gasteiger partial charge is 0.490 e. The number of pyridine rings is 1. The Balaban J connectivity index is 1.37. The molecule has 6 heterocycles. The molecule has 0 saturated carbocycles. The number of anilines is 1. The van der Waals surface area contributed by atoms with E-state index in [1.807, 2.05) is 34.0 Å². The molecule has 0 radical (unpaired) electrons. The number of aromatic nitrogens is 3. The average Bonchev–Trinajstić information content (AvgIpc) is 3.72. The van der Waals surface area contributed by atoms with Crippen molar-refractivity contribution in [2.75, 3.05) is 57.9 Å². The highest BCUT2D eigenvalue weighted by Crippen LogP contribution is 2.50. The summed E-state index contributed by atoms with van der Waals surface area (Å²) in [7, 11) is 1.53. The van der Waals surface area contributed by atoms with Crippen LogP contribution >= 0.6 is 11.3 Å². The van der Waals surface area contributed by atoms with Gasteiger partial charge in [-0.25, -0.2) is 13.8 Å². The fourth-order valence-corrected chi connectivity index (χ4v) is 8.31. The van der Waals surface area contributed by atoms with E-state index in [0.29, 0.717) is 30.0 Å². The Hall–Kier alpha value is -4.36. The van der Waals surface area contributed by atoms with Crippen LogP contribution in [0.25, 0.3) is 32.6 Å². The zero-order chi connectivity index (χ0) is 33.7. The quantitative estimate of drug-likeness (QED) is 0.176. The minimum atomic E-state index is -0.770. The van der Waals surface area contributed by atoms with Crippen molar-refractivity contribution in [2.45, 2.75) is 39.3 Å².